The van der Waals surface area contributed by atoms with Crippen molar-refractivity contribution in [3.05, 3.63) is 47.5 Å². The summed E-state index contributed by atoms with van der Waals surface area (Å²) < 4.78 is 0. The quantitative estimate of drug-likeness (QED) is 0.656. The molecular weight excluding hydrogens is 270 g/mol. The van der Waals surface area contributed by atoms with Crippen LogP contribution in [0.2, 0.25) is 0 Å². The Morgan fingerprint density at radius 1 is 1.24 bits per heavy atom. The zero-order chi connectivity index (χ0) is 15.6. The fourth-order valence-electron chi connectivity index (χ4n) is 2.26. The molecule has 0 spiro atoms. The third kappa shape index (κ3) is 2.78. The van der Waals surface area contributed by atoms with Gasteiger partial charge in [0, 0.05) is 5.92 Å². The summed E-state index contributed by atoms with van der Waals surface area (Å²) in [6.45, 7) is 3.10. The number of carbonyl (C=O) groups excluding carboxylic acids is 3. The zero-order valence-electron chi connectivity index (χ0n) is 11.9. The van der Waals surface area contributed by atoms with Crippen LogP contribution in [0, 0.1) is 5.92 Å². The number of benzene rings is 1. The number of ketones is 1. The Bertz CT molecular complexity index is 585. The fraction of sp³-hybridized carbons (Fsp3) is 0.312. The Balaban J connectivity index is 2.13. The molecule has 0 radical (unpaired) electrons. The average Bonchev–Trinajstić information content (AvgIpc) is 2.72. The fourth-order valence-corrected chi connectivity index (χ4v) is 2.26. The summed E-state index contributed by atoms with van der Waals surface area (Å²) >= 11 is 0. The number of aliphatic hydroxyl groups excluding tert-OH is 1. The van der Waals surface area contributed by atoms with E-state index in [9.17, 15) is 19.5 Å². The first kappa shape index (κ1) is 15.1. The van der Waals surface area contributed by atoms with E-state index in [2.05, 4.69) is 0 Å². The van der Waals surface area contributed by atoms with Crippen molar-refractivity contribution in [3.8, 4) is 0 Å². The smallest absolute Gasteiger partial charge is 0.261 e. The molecule has 1 aliphatic rings. The molecule has 0 aromatic heterocycles. The minimum Gasteiger partial charge on any atom is -0.391 e. The Labute approximate surface area is 122 Å². The van der Waals surface area contributed by atoms with Crippen molar-refractivity contribution in [1.29, 1.82) is 0 Å². The standard InChI is InChI=1S/C16H17NO4/c1-3-6-13(18)10(2)14(19)9-17-15(20)11-7-4-5-8-12(11)16(17)21/h3-8,10,14,19H,9H2,1-2H3/b6-3+/t10-,14-/m0/s1. The predicted octanol–water partition coefficient (Wildman–Crippen LogP) is 1.42. The Morgan fingerprint density at radius 2 is 1.76 bits per heavy atom. The maximum atomic E-state index is 12.2. The molecule has 0 saturated heterocycles. The highest BCUT2D eigenvalue weighted by molar-refractivity contribution is 6.21. The van der Waals surface area contributed by atoms with Crippen LogP contribution in [0.4, 0.5) is 0 Å². The van der Waals surface area contributed by atoms with E-state index in [1.807, 2.05) is 0 Å². The van der Waals surface area contributed by atoms with E-state index in [0.717, 1.165) is 4.90 Å². The summed E-state index contributed by atoms with van der Waals surface area (Å²) in [5.41, 5.74) is 0.671. The lowest BCUT2D eigenvalue weighted by molar-refractivity contribution is -0.121. The van der Waals surface area contributed by atoms with Crippen LogP contribution in [0.1, 0.15) is 34.6 Å². The Hall–Kier alpha value is -2.27. The molecule has 0 bridgehead atoms. The van der Waals surface area contributed by atoms with E-state index in [1.165, 1.54) is 6.08 Å². The third-order valence-corrected chi connectivity index (χ3v) is 3.60. The molecule has 5 heteroatoms. The van der Waals surface area contributed by atoms with Gasteiger partial charge in [0.05, 0.1) is 23.8 Å². The van der Waals surface area contributed by atoms with Crippen molar-refractivity contribution in [1.82, 2.24) is 4.90 Å². The molecule has 1 aliphatic heterocycles. The molecule has 1 aromatic carbocycles. The summed E-state index contributed by atoms with van der Waals surface area (Å²) in [5.74, 6) is -1.77. The SMILES string of the molecule is C/C=C/C(=O)[C@H](C)[C@@H](O)CN1C(=O)c2ccccc2C1=O. The van der Waals surface area contributed by atoms with E-state index >= 15 is 0 Å². The number of fused-ring (bicyclic) bond motifs is 1. The largest absolute Gasteiger partial charge is 0.391 e. The first-order valence-corrected chi connectivity index (χ1v) is 6.77. The lowest BCUT2D eigenvalue weighted by Crippen LogP contribution is -2.41. The van der Waals surface area contributed by atoms with Gasteiger partial charge in [0.2, 0.25) is 0 Å². The van der Waals surface area contributed by atoms with Crippen molar-refractivity contribution in [3.63, 3.8) is 0 Å². The molecule has 1 aromatic rings. The van der Waals surface area contributed by atoms with Gasteiger partial charge in [-0.3, -0.25) is 19.3 Å². The monoisotopic (exact) mass is 287 g/mol. The van der Waals surface area contributed by atoms with E-state index in [0.29, 0.717) is 11.1 Å². The predicted molar refractivity (Wildman–Crippen MR) is 76.8 cm³/mol. The molecule has 2 rings (SSSR count). The van der Waals surface area contributed by atoms with Crippen LogP contribution in [0.5, 0.6) is 0 Å². The van der Waals surface area contributed by atoms with Crippen LogP contribution in [-0.2, 0) is 4.79 Å². The average molecular weight is 287 g/mol. The molecule has 5 nitrogen and oxygen atoms in total. The normalized spacial score (nSPS) is 17.2. The second-order valence-electron chi connectivity index (χ2n) is 5.02. The highest BCUT2D eigenvalue weighted by Gasteiger charge is 2.37. The second-order valence-corrected chi connectivity index (χ2v) is 5.02. The lowest BCUT2D eigenvalue weighted by Gasteiger charge is -2.21. The topological polar surface area (TPSA) is 74.7 Å². The van der Waals surface area contributed by atoms with Crippen molar-refractivity contribution >= 4 is 17.6 Å². The molecule has 2 atom stereocenters. The van der Waals surface area contributed by atoms with Gasteiger partial charge in [-0.1, -0.05) is 25.1 Å². The lowest BCUT2D eigenvalue weighted by atomic mass is 9.99. The van der Waals surface area contributed by atoms with Gasteiger partial charge in [-0.05, 0) is 25.1 Å². The van der Waals surface area contributed by atoms with Crippen molar-refractivity contribution < 1.29 is 19.5 Å². The van der Waals surface area contributed by atoms with Gasteiger partial charge in [0.1, 0.15) is 0 Å². The summed E-state index contributed by atoms with van der Waals surface area (Å²) in [4.78, 5) is 37.0. The van der Waals surface area contributed by atoms with Crippen LogP contribution in [0.25, 0.3) is 0 Å². The maximum Gasteiger partial charge on any atom is 0.261 e. The second kappa shape index (κ2) is 6.01. The van der Waals surface area contributed by atoms with Gasteiger partial charge in [-0.2, -0.15) is 0 Å². The van der Waals surface area contributed by atoms with Gasteiger partial charge < -0.3 is 5.11 Å². The van der Waals surface area contributed by atoms with Crippen molar-refractivity contribution in [2.24, 2.45) is 5.92 Å². The van der Waals surface area contributed by atoms with E-state index < -0.39 is 23.8 Å². The highest BCUT2D eigenvalue weighted by Crippen LogP contribution is 2.23. The highest BCUT2D eigenvalue weighted by atomic mass is 16.3. The summed E-state index contributed by atoms with van der Waals surface area (Å²) in [7, 11) is 0. The van der Waals surface area contributed by atoms with E-state index in [4.69, 9.17) is 0 Å². The number of rotatable bonds is 5. The molecule has 0 aliphatic carbocycles. The first-order chi connectivity index (χ1) is 9.97. The van der Waals surface area contributed by atoms with Crippen LogP contribution in [0.15, 0.2) is 36.4 Å². The van der Waals surface area contributed by atoms with Crippen LogP contribution in [-0.4, -0.2) is 40.3 Å². The van der Waals surface area contributed by atoms with Gasteiger partial charge in [-0.25, -0.2) is 0 Å². The van der Waals surface area contributed by atoms with Gasteiger partial charge in [0.15, 0.2) is 5.78 Å². The molecule has 0 saturated carbocycles. The number of β-amino-alcohol motifs (C(OH)–C–C–N with tert-alkyl or cyclic N) is 1. The van der Waals surface area contributed by atoms with Gasteiger partial charge in [0.25, 0.3) is 11.8 Å². The number of allylic oxidation sites excluding steroid dienone is 2. The number of aliphatic hydroxyl groups is 1. The molecule has 21 heavy (non-hydrogen) atoms. The summed E-state index contributed by atoms with van der Waals surface area (Å²) in [6, 6.07) is 6.52. The minimum absolute atomic E-state index is 0.184. The number of hydrogen-bond donors (Lipinski definition) is 1. The summed E-state index contributed by atoms with van der Waals surface area (Å²) in [6.07, 6.45) is 1.88. The molecular formula is C16H17NO4. The van der Waals surface area contributed by atoms with Crippen LogP contribution < -0.4 is 0 Å². The molecule has 1 heterocycles. The van der Waals surface area contributed by atoms with Crippen molar-refractivity contribution in [2.75, 3.05) is 6.54 Å². The molecule has 2 amide bonds. The molecule has 0 unspecified atom stereocenters. The van der Waals surface area contributed by atoms with E-state index in [1.54, 1.807) is 44.2 Å². The number of carbonyl (C=O) groups is 3. The van der Waals surface area contributed by atoms with Gasteiger partial charge in [-0.15, -0.1) is 0 Å². The molecule has 1 N–H and O–H groups in total. The van der Waals surface area contributed by atoms with E-state index in [-0.39, 0.29) is 12.3 Å². The Morgan fingerprint density at radius 3 is 2.24 bits per heavy atom. The maximum absolute atomic E-state index is 12.2. The first-order valence-electron chi connectivity index (χ1n) is 6.77. The van der Waals surface area contributed by atoms with Crippen LogP contribution >= 0.6 is 0 Å². The zero-order valence-corrected chi connectivity index (χ0v) is 11.9. The molecule has 0 fully saturated rings. The number of nitrogens with zero attached hydrogens (tertiary/aromatic N) is 1. The third-order valence-electron chi connectivity index (χ3n) is 3.60. The van der Waals surface area contributed by atoms with Crippen molar-refractivity contribution in [2.45, 2.75) is 20.0 Å². The minimum atomic E-state index is -1.09. The number of amides is 2. The number of imide groups is 1. The van der Waals surface area contributed by atoms with Gasteiger partial charge >= 0.3 is 0 Å². The summed E-state index contributed by atoms with van der Waals surface area (Å²) in [5, 5.41) is 10.1. The number of hydrogen-bond acceptors (Lipinski definition) is 4. The van der Waals surface area contributed by atoms with Crippen LogP contribution in [0.3, 0.4) is 0 Å². The molecule has 110 valence electrons. The Kier molecular flexibility index (Phi) is 4.33.